The van der Waals surface area contributed by atoms with E-state index in [2.05, 4.69) is 38.2 Å². The summed E-state index contributed by atoms with van der Waals surface area (Å²) in [5.74, 6) is 0.825. The molecule has 0 amide bonds. The highest BCUT2D eigenvalue weighted by Crippen LogP contribution is 2.18. The number of nitrogens with one attached hydrogen (secondary N) is 1. The Hall–Kier alpha value is -2.21. The highest BCUT2D eigenvalue weighted by Gasteiger charge is 2.05. The van der Waals surface area contributed by atoms with Gasteiger partial charge in [-0.05, 0) is 18.3 Å². The Kier molecular flexibility index (Phi) is 3.23. The molecule has 2 aromatic heterocycles. The summed E-state index contributed by atoms with van der Waals surface area (Å²) >= 11 is 5.18. The fourth-order valence-corrected chi connectivity index (χ4v) is 2.47. The maximum Gasteiger partial charge on any atom is 0.216 e. The van der Waals surface area contributed by atoms with Gasteiger partial charge in [0.05, 0.1) is 6.21 Å². The molecule has 0 unspecified atom stereocenters. The van der Waals surface area contributed by atoms with Crippen LogP contribution < -0.4 is 0 Å². The number of rotatable bonds is 3. The van der Waals surface area contributed by atoms with E-state index in [1.807, 2.05) is 32.3 Å². The van der Waals surface area contributed by atoms with Crippen molar-refractivity contribution in [2.45, 2.75) is 13.3 Å². The van der Waals surface area contributed by atoms with Gasteiger partial charge in [0.2, 0.25) is 4.77 Å². The number of H-pyrrole nitrogens is 1. The van der Waals surface area contributed by atoms with Crippen molar-refractivity contribution in [2.75, 3.05) is 0 Å². The largest absolute Gasteiger partial charge is 0.350 e. The molecule has 0 saturated heterocycles. The molecule has 2 heterocycles. The van der Waals surface area contributed by atoms with Crippen molar-refractivity contribution in [2.24, 2.45) is 12.1 Å². The number of nitrogens with zero attached hydrogens (tertiary/aromatic N) is 4. The Morgan fingerprint density at radius 2 is 2.20 bits per heavy atom. The molecule has 20 heavy (non-hydrogen) atoms. The minimum atomic E-state index is 0.512. The summed E-state index contributed by atoms with van der Waals surface area (Å²) in [6.07, 6.45) is 4.66. The molecule has 1 aromatic carbocycles. The van der Waals surface area contributed by atoms with Gasteiger partial charge in [0.25, 0.3) is 0 Å². The highest BCUT2D eigenvalue weighted by molar-refractivity contribution is 7.71. The van der Waals surface area contributed by atoms with Crippen molar-refractivity contribution < 1.29 is 0 Å². The minimum Gasteiger partial charge on any atom is -0.350 e. The Labute approximate surface area is 121 Å². The predicted molar refractivity (Wildman–Crippen MR) is 82.7 cm³/mol. The van der Waals surface area contributed by atoms with Gasteiger partial charge in [0.15, 0.2) is 5.82 Å². The predicted octanol–water partition coefficient (Wildman–Crippen LogP) is 2.88. The Morgan fingerprint density at radius 3 is 3.00 bits per heavy atom. The summed E-state index contributed by atoms with van der Waals surface area (Å²) in [6, 6.07) is 8.24. The molecule has 6 heteroatoms. The molecule has 0 saturated carbocycles. The van der Waals surface area contributed by atoms with Crippen LogP contribution in [0.2, 0.25) is 0 Å². The molecule has 102 valence electrons. The third kappa shape index (κ3) is 2.08. The number of para-hydroxylation sites is 1. The quantitative estimate of drug-likeness (QED) is 0.594. The zero-order chi connectivity index (χ0) is 14.1. The van der Waals surface area contributed by atoms with Gasteiger partial charge in [0.1, 0.15) is 0 Å². The first-order chi connectivity index (χ1) is 9.70. The van der Waals surface area contributed by atoms with Crippen LogP contribution in [-0.2, 0) is 13.5 Å². The third-order valence-corrected chi connectivity index (χ3v) is 3.54. The smallest absolute Gasteiger partial charge is 0.216 e. The lowest BCUT2D eigenvalue weighted by Crippen LogP contribution is -1.97. The van der Waals surface area contributed by atoms with Crippen molar-refractivity contribution in [1.29, 1.82) is 0 Å². The Balaban J connectivity index is 2.07. The SMILES string of the molecule is CCc1n[nH]c(=S)n1N=Cc1cn(C)c2ccccc12. The molecule has 0 aliphatic heterocycles. The van der Waals surface area contributed by atoms with E-state index >= 15 is 0 Å². The van der Waals surface area contributed by atoms with E-state index in [4.69, 9.17) is 12.2 Å². The summed E-state index contributed by atoms with van der Waals surface area (Å²) in [5, 5.41) is 12.5. The first-order valence-corrected chi connectivity index (χ1v) is 6.86. The molecular formula is C14H15N5S. The molecule has 3 rings (SSSR count). The number of benzene rings is 1. The van der Waals surface area contributed by atoms with Gasteiger partial charge in [-0.25, -0.2) is 0 Å². The van der Waals surface area contributed by atoms with Crippen LogP contribution in [0.25, 0.3) is 10.9 Å². The molecular weight excluding hydrogens is 270 g/mol. The van der Waals surface area contributed by atoms with Gasteiger partial charge >= 0.3 is 0 Å². The minimum absolute atomic E-state index is 0.512. The highest BCUT2D eigenvalue weighted by atomic mass is 32.1. The first kappa shape index (κ1) is 12.8. The van der Waals surface area contributed by atoms with E-state index < -0.39 is 0 Å². The normalized spacial score (nSPS) is 11.7. The van der Waals surface area contributed by atoms with Crippen molar-refractivity contribution in [1.82, 2.24) is 19.4 Å². The van der Waals surface area contributed by atoms with Crippen LogP contribution in [0.5, 0.6) is 0 Å². The number of fused-ring (bicyclic) bond motifs is 1. The van der Waals surface area contributed by atoms with E-state index in [1.54, 1.807) is 4.68 Å². The van der Waals surface area contributed by atoms with Gasteiger partial charge in [-0.3, -0.25) is 5.10 Å². The number of hydrogen-bond acceptors (Lipinski definition) is 3. The zero-order valence-electron chi connectivity index (χ0n) is 11.4. The van der Waals surface area contributed by atoms with Crippen molar-refractivity contribution >= 4 is 29.3 Å². The summed E-state index contributed by atoms with van der Waals surface area (Å²) < 4.78 is 4.27. The van der Waals surface area contributed by atoms with Crippen molar-refractivity contribution in [3.63, 3.8) is 0 Å². The average molecular weight is 285 g/mol. The number of aryl methyl sites for hydroxylation is 2. The molecule has 0 spiro atoms. The van der Waals surface area contributed by atoms with Crippen molar-refractivity contribution in [3.8, 4) is 0 Å². The zero-order valence-corrected chi connectivity index (χ0v) is 12.2. The Bertz CT molecular complexity index is 837. The summed E-state index contributed by atoms with van der Waals surface area (Å²) in [6.45, 7) is 2.02. The molecule has 0 aliphatic carbocycles. The molecule has 5 nitrogen and oxygen atoms in total. The van der Waals surface area contributed by atoms with Crippen molar-refractivity contribution in [3.05, 3.63) is 46.6 Å². The molecule has 0 atom stereocenters. The van der Waals surface area contributed by atoms with Crippen LogP contribution in [0.1, 0.15) is 18.3 Å². The molecule has 0 radical (unpaired) electrons. The molecule has 0 bridgehead atoms. The lowest BCUT2D eigenvalue weighted by molar-refractivity contribution is 0.780. The van der Waals surface area contributed by atoms with Crippen LogP contribution in [0.4, 0.5) is 0 Å². The van der Waals surface area contributed by atoms with E-state index in [1.165, 1.54) is 10.9 Å². The van der Waals surface area contributed by atoms with Crippen LogP contribution in [0.3, 0.4) is 0 Å². The number of aromatic amines is 1. The second-order valence-electron chi connectivity index (χ2n) is 4.57. The lowest BCUT2D eigenvalue weighted by Gasteiger charge is -1.96. The van der Waals surface area contributed by atoms with Crippen LogP contribution in [0.15, 0.2) is 35.6 Å². The standard InChI is InChI=1S/C14H15N5S/c1-3-13-16-17-14(20)19(13)15-8-10-9-18(2)12-7-5-4-6-11(10)12/h4-9H,3H2,1-2H3,(H,17,20). The fourth-order valence-electron chi connectivity index (χ4n) is 2.27. The van der Waals surface area contributed by atoms with Gasteiger partial charge in [0, 0.05) is 36.1 Å². The molecule has 0 fully saturated rings. The lowest BCUT2D eigenvalue weighted by atomic mass is 10.2. The van der Waals surface area contributed by atoms with Gasteiger partial charge in [-0.2, -0.15) is 14.9 Å². The van der Waals surface area contributed by atoms with Gasteiger partial charge < -0.3 is 4.57 Å². The molecule has 3 aromatic rings. The number of hydrogen-bond donors (Lipinski definition) is 1. The summed E-state index contributed by atoms with van der Waals surface area (Å²) in [4.78, 5) is 0. The second-order valence-corrected chi connectivity index (χ2v) is 4.95. The monoisotopic (exact) mass is 285 g/mol. The number of aromatic nitrogens is 4. The van der Waals surface area contributed by atoms with E-state index in [0.29, 0.717) is 4.77 Å². The fraction of sp³-hybridized carbons (Fsp3) is 0.214. The summed E-state index contributed by atoms with van der Waals surface area (Å²) in [5.41, 5.74) is 2.24. The first-order valence-electron chi connectivity index (χ1n) is 6.45. The Morgan fingerprint density at radius 1 is 1.40 bits per heavy atom. The van der Waals surface area contributed by atoms with Crippen LogP contribution >= 0.6 is 12.2 Å². The van der Waals surface area contributed by atoms with Gasteiger partial charge in [-0.1, -0.05) is 25.1 Å². The third-order valence-electron chi connectivity index (χ3n) is 3.27. The maximum atomic E-state index is 5.18. The molecule has 0 aliphatic rings. The van der Waals surface area contributed by atoms with Crippen LogP contribution in [0, 0.1) is 4.77 Å². The van der Waals surface area contributed by atoms with E-state index in [9.17, 15) is 0 Å². The van der Waals surface area contributed by atoms with Crippen LogP contribution in [-0.4, -0.2) is 25.7 Å². The second kappa shape index (κ2) is 5.05. The molecule has 1 N–H and O–H groups in total. The average Bonchev–Trinajstić information content (AvgIpc) is 2.98. The van der Waals surface area contributed by atoms with E-state index in [0.717, 1.165) is 17.8 Å². The topological polar surface area (TPSA) is 50.9 Å². The summed E-state index contributed by atoms with van der Waals surface area (Å²) in [7, 11) is 2.03. The van der Waals surface area contributed by atoms with Gasteiger partial charge in [-0.15, -0.1) is 0 Å². The maximum absolute atomic E-state index is 5.18. The van der Waals surface area contributed by atoms with E-state index in [-0.39, 0.29) is 0 Å².